The number of hydrogen-bond acceptors (Lipinski definition) is 7. The standard InChI is InChI=1S/C24H21NO5P2S/c25-31(27-21-13-5-1-6-14-21,33-24-19-11-4-12-20-24)30-32(26,28-22-15-7-2-8-16-22)29-23-17-9-3-10-18-23/h1-20,25H. The molecule has 0 aliphatic rings. The van der Waals surface area contributed by atoms with Gasteiger partial charge in [-0.15, -0.1) is 0 Å². The van der Waals surface area contributed by atoms with E-state index in [1.54, 1.807) is 72.8 Å². The second-order valence-electron chi connectivity index (χ2n) is 6.64. The lowest BCUT2D eigenvalue weighted by Crippen LogP contribution is -2.05. The summed E-state index contributed by atoms with van der Waals surface area (Å²) in [5.41, 5.74) is 0. The Kier molecular flexibility index (Phi) is 7.58. The molecule has 0 aliphatic heterocycles. The second-order valence-corrected chi connectivity index (χ2v) is 12.4. The molecule has 0 aliphatic carbocycles. The number of phosphoric ester groups is 1. The highest BCUT2D eigenvalue weighted by Crippen LogP contribution is 2.72. The molecule has 0 heterocycles. The fraction of sp³-hybridized carbons (Fsp3) is 0. The Balaban J connectivity index is 1.69. The molecular formula is C24H21NO5P2S. The summed E-state index contributed by atoms with van der Waals surface area (Å²) in [6.45, 7) is -3.66. The average molecular weight is 497 g/mol. The van der Waals surface area contributed by atoms with E-state index in [0.717, 1.165) is 16.3 Å². The smallest absolute Gasteiger partial charge is 0.431 e. The lowest BCUT2D eigenvalue weighted by Gasteiger charge is -2.26. The lowest BCUT2D eigenvalue weighted by molar-refractivity contribution is 0.298. The first-order valence-corrected chi connectivity index (χ1v) is 14.5. The number of phosphoric acid groups is 1. The normalized spacial score (nSPS) is 13.0. The molecule has 1 atom stereocenters. The zero-order chi connectivity index (χ0) is 23.0. The molecule has 0 fully saturated rings. The Bertz CT molecular complexity index is 1060. The van der Waals surface area contributed by atoms with Gasteiger partial charge >= 0.3 is 14.5 Å². The maximum atomic E-state index is 13.9. The van der Waals surface area contributed by atoms with Crippen molar-refractivity contribution in [2.75, 3.05) is 0 Å². The molecular weight excluding hydrogens is 476 g/mol. The number of hydrogen-bond donors (Lipinski definition) is 1. The Morgan fingerprint density at radius 1 is 0.545 bits per heavy atom. The number of nitrogens with one attached hydrogen (secondary N) is 1. The molecule has 6 nitrogen and oxygen atoms in total. The first-order valence-electron chi connectivity index (χ1n) is 9.96. The van der Waals surface area contributed by atoms with Crippen molar-refractivity contribution < 1.29 is 22.4 Å². The van der Waals surface area contributed by atoms with Gasteiger partial charge in [0.1, 0.15) is 17.2 Å². The third kappa shape index (κ3) is 7.01. The Hall–Kier alpha value is -2.95. The molecule has 0 amide bonds. The minimum Gasteiger partial charge on any atom is -0.431 e. The molecule has 0 saturated heterocycles. The molecule has 4 aromatic rings. The molecule has 0 spiro atoms. The summed E-state index contributed by atoms with van der Waals surface area (Å²) in [6, 6.07) is 35.2. The quantitative estimate of drug-likeness (QED) is 0.221. The summed E-state index contributed by atoms with van der Waals surface area (Å²) in [4.78, 5) is 0.725. The van der Waals surface area contributed by atoms with E-state index in [0.29, 0.717) is 5.75 Å². The second kappa shape index (κ2) is 10.8. The van der Waals surface area contributed by atoms with E-state index >= 15 is 0 Å². The molecule has 9 heteroatoms. The van der Waals surface area contributed by atoms with E-state index in [1.165, 1.54) is 0 Å². The molecule has 4 aromatic carbocycles. The average Bonchev–Trinajstić information content (AvgIpc) is 2.81. The van der Waals surface area contributed by atoms with Gasteiger partial charge in [-0.25, -0.2) is 9.73 Å². The summed E-state index contributed by atoms with van der Waals surface area (Å²) >= 11 is 1.03. The van der Waals surface area contributed by atoms with Crippen LogP contribution in [0.5, 0.6) is 17.2 Å². The highest BCUT2D eigenvalue weighted by Gasteiger charge is 2.41. The van der Waals surface area contributed by atoms with Crippen LogP contribution in [0, 0.1) is 5.16 Å². The lowest BCUT2D eigenvalue weighted by atomic mass is 10.3. The monoisotopic (exact) mass is 497 g/mol. The van der Waals surface area contributed by atoms with E-state index in [9.17, 15) is 4.57 Å². The number of rotatable bonds is 10. The summed E-state index contributed by atoms with van der Waals surface area (Å²) in [5.74, 6) is 0.982. The molecule has 33 heavy (non-hydrogen) atoms. The van der Waals surface area contributed by atoms with Crippen molar-refractivity contribution >= 4 is 25.9 Å². The van der Waals surface area contributed by atoms with Crippen LogP contribution in [0.3, 0.4) is 0 Å². The maximum absolute atomic E-state index is 13.9. The Morgan fingerprint density at radius 2 is 0.909 bits per heavy atom. The van der Waals surface area contributed by atoms with E-state index in [-0.39, 0.29) is 11.5 Å². The van der Waals surface area contributed by atoms with Crippen molar-refractivity contribution in [1.29, 1.82) is 5.16 Å². The largest absolute Gasteiger partial charge is 0.595 e. The van der Waals surface area contributed by atoms with Crippen LogP contribution >= 0.6 is 25.9 Å². The highest BCUT2D eigenvalue weighted by molar-refractivity contribution is 8.56. The molecule has 1 N–H and O–H groups in total. The van der Waals surface area contributed by atoms with Crippen LogP contribution in [0.2, 0.25) is 0 Å². The van der Waals surface area contributed by atoms with Crippen molar-refractivity contribution in [3.63, 3.8) is 0 Å². The molecule has 1 unspecified atom stereocenters. The fourth-order valence-corrected chi connectivity index (χ4v) is 8.68. The highest BCUT2D eigenvalue weighted by atomic mass is 32.7. The van der Waals surface area contributed by atoms with Gasteiger partial charge in [0.2, 0.25) is 0 Å². The minimum absolute atomic E-state index is 0.285. The van der Waals surface area contributed by atoms with Crippen LogP contribution in [0.1, 0.15) is 0 Å². The van der Waals surface area contributed by atoms with Gasteiger partial charge in [0.25, 0.3) is 0 Å². The van der Waals surface area contributed by atoms with Crippen molar-refractivity contribution in [2.24, 2.45) is 0 Å². The van der Waals surface area contributed by atoms with Crippen LogP contribution in [0.4, 0.5) is 0 Å². The van der Waals surface area contributed by atoms with Gasteiger partial charge in [0.15, 0.2) is 0 Å². The van der Waals surface area contributed by atoms with Crippen LogP contribution in [-0.4, -0.2) is 0 Å². The molecule has 0 saturated carbocycles. The fourth-order valence-electron chi connectivity index (χ4n) is 2.70. The summed E-state index contributed by atoms with van der Waals surface area (Å²) < 4.78 is 37.1. The Morgan fingerprint density at radius 3 is 1.33 bits per heavy atom. The van der Waals surface area contributed by atoms with Crippen LogP contribution in [0.25, 0.3) is 0 Å². The van der Waals surface area contributed by atoms with Crippen molar-refractivity contribution in [3.8, 4) is 17.2 Å². The number of para-hydroxylation sites is 3. The predicted octanol–water partition coefficient (Wildman–Crippen LogP) is 8.67. The SMILES string of the molecule is N=P(Oc1ccccc1)(OP(=O)(Oc1ccccc1)Oc1ccccc1)Sc1ccccc1. The summed E-state index contributed by atoms with van der Waals surface area (Å²) in [5, 5.41) is 9.08. The summed E-state index contributed by atoms with van der Waals surface area (Å²) in [7, 11) is -4.34. The molecule has 4 rings (SSSR count). The first kappa shape index (κ1) is 23.2. The van der Waals surface area contributed by atoms with E-state index in [2.05, 4.69) is 0 Å². The molecule has 0 bridgehead atoms. The van der Waals surface area contributed by atoms with Gasteiger partial charge in [0.05, 0.1) is 0 Å². The number of benzene rings is 4. The third-order valence-electron chi connectivity index (χ3n) is 4.07. The van der Waals surface area contributed by atoms with E-state index < -0.39 is 14.5 Å². The molecule has 0 aromatic heterocycles. The van der Waals surface area contributed by atoms with Crippen LogP contribution < -0.4 is 13.6 Å². The van der Waals surface area contributed by atoms with Gasteiger partial charge in [0, 0.05) is 4.90 Å². The zero-order valence-electron chi connectivity index (χ0n) is 17.4. The Labute approximate surface area is 196 Å². The minimum atomic E-state index is -4.34. The van der Waals surface area contributed by atoms with Gasteiger partial charge in [-0.3, -0.25) is 0 Å². The first-order chi connectivity index (χ1) is 16.0. The summed E-state index contributed by atoms with van der Waals surface area (Å²) in [6.07, 6.45) is 0. The van der Waals surface area contributed by atoms with Crippen molar-refractivity contribution in [1.82, 2.24) is 0 Å². The van der Waals surface area contributed by atoms with Crippen LogP contribution in [-0.2, 0) is 8.88 Å². The molecule has 168 valence electrons. The molecule has 0 radical (unpaired) electrons. The van der Waals surface area contributed by atoms with E-state index in [1.807, 2.05) is 48.5 Å². The predicted molar refractivity (Wildman–Crippen MR) is 132 cm³/mol. The van der Waals surface area contributed by atoms with Gasteiger partial charge < -0.3 is 13.6 Å². The van der Waals surface area contributed by atoms with Gasteiger partial charge in [-0.2, -0.15) is 4.31 Å². The zero-order valence-corrected chi connectivity index (χ0v) is 20.0. The van der Waals surface area contributed by atoms with Crippen LogP contribution in [0.15, 0.2) is 126 Å². The maximum Gasteiger partial charge on any atom is 0.595 e. The van der Waals surface area contributed by atoms with Crippen molar-refractivity contribution in [2.45, 2.75) is 4.90 Å². The van der Waals surface area contributed by atoms with Gasteiger partial charge in [-0.05, 0) is 59.9 Å². The topological polar surface area (TPSA) is 77.8 Å². The third-order valence-corrected chi connectivity index (χ3v) is 9.95. The van der Waals surface area contributed by atoms with Crippen molar-refractivity contribution in [3.05, 3.63) is 121 Å². The van der Waals surface area contributed by atoms with E-state index in [4.69, 9.17) is 23.0 Å². The van der Waals surface area contributed by atoms with Gasteiger partial charge in [-0.1, -0.05) is 72.8 Å².